The number of ether oxygens (including phenoxy) is 1. The van der Waals surface area contributed by atoms with Crippen LogP contribution in [0.15, 0.2) is 16.6 Å². The Hall–Kier alpha value is -0.330. The van der Waals surface area contributed by atoms with Crippen molar-refractivity contribution in [1.82, 2.24) is 0 Å². The van der Waals surface area contributed by atoms with Crippen LogP contribution in [0.1, 0.15) is 11.7 Å². The van der Waals surface area contributed by atoms with Gasteiger partial charge in [0.05, 0.1) is 17.2 Å². The predicted molar refractivity (Wildman–Crippen MR) is 65.7 cm³/mol. The predicted octanol–water partition coefficient (Wildman–Crippen LogP) is 1.47. The summed E-state index contributed by atoms with van der Waals surface area (Å²) in [7, 11) is 0. The molecule has 0 saturated carbocycles. The Morgan fingerprint density at radius 1 is 1.50 bits per heavy atom. The maximum Gasteiger partial charge on any atom is 0.134 e. The quantitative estimate of drug-likeness (QED) is 0.770. The third-order valence-electron chi connectivity index (χ3n) is 2.00. The van der Waals surface area contributed by atoms with Gasteiger partial charge >= 0.3 is 0 Å². The molecule has 1 aromatic rings. The van der Waals surface area contributed by atoms with Crippen molar-refractivity contribution in [2.75, 3.05) is 19.8 Å². The van der Waals surface area contributed by atoms with Gasteiger partial charge < -0.3 is 20.7 Å². The number of rotatable bonds is 5. The highest BCUT2D eigenvalue weighted by Crippen LogP contribution is 2.37. The zero-order valence-electron chi connectivity index (χ0n) is 8.49. The van der Waals surface area contributed by atoms with Gasteiger partial charge in [-0.1, -0.05) is 11.6 Å². The molecule has 0 aliphatic carbocycles. The van der Waals surface area contributed by atoms with Gasteiger partial charge in [-0.15, -0.1) is 0 Å². The summed E-state index contributed by atoms with van der Waals surface area (Å²) in [6.45, 7) is 0.171. The molecule has 0 saturated heterocycles. The summed E-state index contributed by atoms with van der Waals surface area (Å²) in [6.07, 6.45) is -0.848. The molecule has 0 aliphatic heterocycles. The Balaban J connectivity index is 3.06. The first-order chi connectivity index (χ1) is 7.61. The van der Waals surface area contributed by atoms with Gasteiger partial charge in [0.2, 0.25) is 0 Å². The van der Waals surface area contributed by atoms with Gasteiger partial charge in [0, 0.05) is 17.1 Å². The second-order valence-corrected chi connectivity index (χ2v) is 4.30. The Morgan fingerprint density at radius 2 is 2.19 bits per heavy atom. The number of nitrogens with two attached hydrogens (primary N) is 1. The summed E-state index contributed by atoms with van der Waals surface area (Å²) < 4.78 is 5.83. The molecule has 0 amide bonds. The number of hydrogen-bond donors (Lipinski definition) is 3. The van der Waals surface area contributed by atoms with Gasteiger partial charge in [-0.3, -0.25) is 0 Å². The third kappa shape index (κ3) is 3.09. The minimum absolute atomic E-state index is 0.0712. The molecular formula is C10H13BrClNO3. The molecule has 0 radical (unpaired) electrons. The fourth-order valence-electron chi connectivity index (χ4n) is 1.24. The zero-order chi connectivity index (χ0) is 12.1. The average molecular weight is 311 g/mol. The molecule has 90 valence electrons. The van der Waals surface area contributed by atoms with E-state index in [1.165, 1.54) is 0 Å². The average Bonchev–Trinajstić information content (AvgIpc) is 2.28. The summed E-state index contributed by atoms with van der Waals surface area (Å²) in [5.41, 5.74) is 5.88. The van der Waals surface area contributed by atoms with E-state index in [1.54, 1.807) is 12.1 Å². The van der Waals surface area contributed by atoms with Gasteiger partial charge in [-0.05, 0) is 28.1 Å². The summed E-state index contributed by atoms with van der Waals surface area (Å²) >= 11 is 9.26. The lowest BCUT2D eigenvalue weighted by Gasteiger charge is -2.15. The molecule has 0 fully saturated rings. The fourth-order valence-corrected chi connectivity index (χ4v) is 2.36. The van der Waals surface area contributed by atoms with E-state index in [9.17, 15) is 5.11 Å². The molecule has 0 bridgehead atoms. The molecule has 0 unspecified atom stereocenters. The largest absolute Gasteiger partial charge is 0.490 e. The maximum atomic E-state index is 9.70. The van der Waals surface area contributed by atoms with Crippen LogP contribution in [0.25, 0.3) is 0 Å². The van der Waals surface area contributed by atoms with Gasteiger partial charge in [-0.2, -0.15) is 0 Å². The molecular weight excluding hydrogens is 297 g/mol. The topological polar surface area (TPSA) is 75.7 Å². The van der Waals surface area contributed by atoms with Crippen LogP contribution in [0, 0.1) is 0 Å². The van der Waals surface area contributed by atoms with Crippen molar-refractivity contribution in [3.8, 4) is 5.75 Å². The van der Waals surface area contributed by atoms with E-state index in [0.29, 0.717) is 20.8 Å². The number of aliphatic hydroxyl groups is 2. The SMILES string of the molecule is NC[C@@H](O)c1c(Cl)ccc(OCCO)c1Br. The molecule has 0 heterocycles. The summed E-state index contributed by atoms with van der Waals surface area (Å²) in [6, 6.07) is 3.28. The van der Waals surface area contributed by atoms with Crippen molar-refractivity contribution in [3.05, 3.63) is 27.2 Å². The van der Waals surface area contributed by atoms with Crippen LogP contribution in [0.5, 0.6) is 5.75 Å². The van der Waals surface area contributed by atoms with E-state index in [2.05, 4.69) is 15.9 Å². The Labute approximate surface area is 107 Å². The normalized spacial score (nSPS) is 12.6. The second kappa shape index (κ2) is 6.42. The van der Waals surface area contributed by atoms with E-state index in [-0.39, 0.29) is 19.8 Å². The van der Waals surface area contributed by atoms with Crippen LogP contribution >= 0.6 is 27.5 Å². The van der Waals surface area contributed by atoms with Crippen LogP contribution in [0.4, 0.5) is 0 Å². The van der Waals surface area contributed by atoms with Gasteiger partial charge in [-0.25, -0.2) is 0 Å². The molecule has 0 aliphatic rings. The molecule has 1 rings (SSSR count). The highest BCUT2D eigenvalue weighted by Gasteiger charge is 2.17. The first-order valence-corrected chi connectivity index (χ1v) is 5.88. The molecule has 6 heteroatoms. The number of benzene rings is 1. The van der Waals surface area contributed by atoms with Crippen molar-refractivity contribution in [2.45, 2.75) is 6.10 Å². The Kier molecular flexibility index (Phi) is 5.51. The second-order valence-electron chi connectivity index (χ2n) is 3.10. The van der Waals surface area contributed by atoms with E-state index in [0.717, 1.165) is 0 Å². The third-order valence-corrected chi connectivity index (χ3v) is 3.14. The molecule has 4 nitrogen and oxygen atoms in total. The standard InChI is InChI=1S/C10H13BrClNO3/c11-10-8(16-4-3-14)2-1-6(12)9(10)7(15)5-13/h1-2,7,14-15H,3-5,13H2/t7-/m1/s1. The Bertz CT molecular complexity index is 362. The molecule has 1 atom stereocenters. The van der Waals surface area contributed by atoms with E-state index >= 15 is 0 Å². The molecule has 4 N–H and O–H groups in total. The van der Waals surface area contributed by atoms with Crippen molar-refractivity contribution >= 4 is 27.5 Å². The van der Waals surface area contributed by atoms with Crippen LogP contribution < -0.4 is 10.5 Å². The smallest absolute Gasteiger partial charge is 0.134 e. The zero-order valence-corrected chi connectivity index (χ0v) is 10.8. The van der Waals surface area contributed by atoms with Crippen molar-refractivity contribution < 1.29 is 14.9 Å². The highest BCUT2D eigenvalue weighted by atomic mass is 79.9. The van der Waals surface area contributed by atoms with Crippen LogP contribution in [-0.4, -0.2) is 30.0 Å². The summed E-state index contributed by atoms with van der Waals surface area (Å²) in [5.74, 6) is 0.515. The molecule has 16 heavy (non-hydrogen) atoms. The van der Waals surface area contributed by atoms with Crippen LogP contribution in [-0.2, 0) is 0 Å². The lowest BCUT2D eigenvalue weighted by molar-refractivity contribution is 0.183. The van der Waals surface area contributed by atoms with E-state index in [4.69, 9.17) is 27.2 Å². The lowest BCUT2D eigenvalue weighted by Crippen LogP contribution is -2.13. The number of halogens is 2. The minimum Gasteiger partial charge on any atom is -0.490 e. The maximum absolute atomic E-state index is 9.70. The van der Waals surface area contributed by atoms with Gasteiger partial charge in [0.15, 0.2) is 0 Å². The minimum atomic E-state index is -0.848. The lowest BCUT2D eigenvalue weighted by atomic mass is 10.1. The summed E-state index contributed by atoms with van der Waals surface area (Å²) in [4.78, 5) is 0. The van der Waals surface area contributed by atoms with Crippen molar-refractivity contribution in [3.63, 3.8) is 0 Å². The van der Waals surface area contributed by atoms with Gasteiger partial charge in [0.1, 0.15) is 12.4 Å². The number of hydrogen-bond acceptors (Lipinski definition) is 4. The fraction of sp³-hybridized carbons (Fsp3) is 0.400. The Morgan fingerprint density at radius 3 is 2.75 bits per heavy atom. The van der Waals surface area contributed by atoms with E-state index in [1.807, 2.05) is 0 Å². The first-order valence-electron chi connectivity index (χ1n) is 4.71. The van der Waals surface area contributed by atoms with E-state index < -0.39 is 6.10 Å². The van der Waals surface area contributed by atoms with Crippen molar-refractivity contribution in [2.24, 2.45) is 5.73 Å². The monoisotopic (exact) mass is 309 g/mol. The summed E-state index contributed by atoms with van der Waals surface area (Å²) in [5, 5.41) is 18.8. The molecule has 1 aromatic carbocycles. The molecule has 0 aromatic heterocycles. The number of aliphatic hydroxyl groups excluding tert-OH is 2. The van der Waals surface area contributed by atoms with Crippen LogP contribution in [0.3, 0.4) is 0 Å². The van der Waals surface area contributed by atoms with Gasteiger partial charge in [0.25, 0.3) is 0 Å². The first kappa shape index (κ1) is 13.7. The highest BCUT2D eigenvalue weighted by molar-refractivity contribution is 9.10. The molecule has 0 spiro atoms. The van der Waals surface area contributed by atoms with Crippen LogP contribution in [0.2, 0.25) is 5.02 Å². The van der Waals surface area contributed by atoms with Crippen molar-refractivity contribution in [1.29, 1.82) is 0 Å².